The summed E-state index contributed by atoms with van der Waals surface area (Å²) in [7, 11) is 5.29. The summed E-state index contributed by atoms with van der Waals surface area (Å²) in [6.07, 6.45) is 5.67. The van der Waals surface area contributed by atoms with Gasteiger partial charge >= 0.3 is 5.97 Å². The van der Waals surface area contributed by atoms with E-state index in [9.17, 15) is 4.79 Å². The van der Waals surface area contributed by atoms with Gasteiger partial charge in [-0.2, -0.15) is 0 Å². The lowest BCUT2D eigenvalue weighted by atomic mass is 9.94. The molecule has 1 saturated carbocycles. The number of nitrogens with zero attached hydrogens (tertiary/aromatic N) is 3. The maximum absolute atomic E-state index is 11.9. The number of imidazole rings is 1. The van der Waals surface area contributed by atoms with Gasteiger partial charge in [0.25, 0.3) is 0 Å². The van der Waals surface area contributed by atoms with Crippen LogP contribution in [0.4, 0.5) is 0 Å². The molecule has 1 aliphatic carbocycles. The molecule has 2 rings (SSSR count). The number of aromatic nitrogens is 2. The van der Waals surface area contributed by atoms with Crippen LogP contribution in [0.3, 0.4) is 0 Å². The zero-order valence-corrected chi connectivity index (χ0v) is 11.8. The Morgan fingerprint density at radius 2 is 2.37 bits per heavy atom. The Kier molecular flexibility index (Phi) is 3.91. The van der Waals surface area contributed by atoms with E-state index in [-0.39, 0.29) is 11.9 Å². The Bertz CT molecular complexity index is 455. The van der Waals surface area contributed by atoms with Crippen molar-refractivity contribution in [3.63, 3.8) is 0 Å². The number of carbonyl (C=O) groups is 1. The first kappa shape index (κ1) is 14.0. The molecule has 19 heavy (non-hydrogen) atoms. The topological polar surface area (TPSA) is 73.4 Å². The van der Waals surface area contributed by atoms with Gasteiger partial charge in [-0.05, 0) is 25.8 Å². The molecule has 0 aliphatic heterocycles. The molecule has 1 aliphatic rings. The molecule has 1 fully saturated rings. The molecule has 2 N–H and O–H groups in total. The van der Waals surface area contributed by atoms with Crippen molar-refractivity contribution in [3.05, 3.63) is 18.2 Å². The van der Waals surface area contributed by atoms with Gasteiger partial charge in [0.1, 0.15) is 11.4 Å². The molecule has 0 spiro atoms. The number of aryl methyl sites for hydroxylation is 1. The fraction of sp³-hybridized carbons (Fsp3) is 0.692. The third kappa shape index (κ3) is 2.96. The number of carbonyl (C=O) groups excluding carboxylic acids is 1. The van der Waals surface area contributed by atoms with E-state index in [1.165, 1.54) is 7.11 Å². The minimum Gasteiger partial charge on any atom is -0.468 e. The predicted octanol–water partition coefficient (Wildman–Crippen LogP) is 0.132. The second-order valence-corrected chi connectivity index (χ2v) is 5.43. The van der Waals surface area contributed by atoms with Crippen molar-refractivity contribution in [2.75, 3.05) is 20.7 Å². The maximum atomic E-state index is 11.9. The van der Waals surface area contributed by atoms with Crippen LogP contribution in [0.25, 0.3) is 0 Å². The minimum absolute atomic E-state index is 0.240. The van der Waals surface area contributed by atoms with Gasteiger partial charge < -0.3 is 15.0 Å². The molecule has 1 heterocycles. The summed E-state index contributed by atoms with van der Waals surface area (Å²) >= 11 is 0. The van der Waals surface area contributed by atoms with Gasteiger partial charge in [0.2, 0.25) is 0 Å². The molecule has 0 aromatic carbocycles. The first-order valence-electron chi connectivity index (χ1n) is 6.49. The number of likely N-dealkylation sites (N-methyl/N-ethyl adjacent to an activating group) is 1. The van der Waals surface area contributed by atoms with E-state index in [0.29, 0.717) is 13.1 Å². The second kappa shape index (κ2) is 5.30. The van der Waals surface area contributed by atoms with E-state index >= 15 is 0 Å². The lowest BCUT2D eigenvalue weighted by Crippen LogP contribution is -2.57. The van der Waals surface area contributed by atoms with Crippen LogP contribution in [-0.2, 0) is 23.1 Å². The smallest absolute Gasteiger partial charge is 0.327 e. The van der Waals surface area contributed by atoms with Crippen LogP contribution in [0, 0.1) is 5.92 Å². The summed E-state index contributed by atoms with van der Waals surface area (Å²) in [5.41, 5.74) is 5.39. The molecular formula is C13H22N4O2. The van der Waals surface area contributed by atoms with Crippen molar-refractivity contribution in [2.24, 2.45) is 18.7 Å². The normalized spacial score (nSPS) is 18.4. The molecule has 0 radical (unpaired) electrons. The Hall–Kier alpha value is -1.40. The lowest BCUT2D eigenvalue weighted by molar-refractivity contribution is -0.148. The number of methoxy groups -OCH3 is 1. The van der Waals surface area contributed by atoms with Crippen molar-refractivity contribution in [2.45, 2.75) is 24.9 Å². The fourth-order valence-electron chi connectivity index (χ4n) is 2.44. The monoisotopic (exact) mass is 266 g/mol. The summed E-state index contributed by atoms with van der Waals surface area (Å²) in [6.45, 7) is 1.14. The van der Waals surface area contributed by atoms with Crippen molar-refractivity contribution in [1.29, 1.82) is 0 Å². The van der Waals surface area contributed by atoms with E-state index in [2.05, 4.69) is 4.98 Å². The number of ether oxygens (including phenoxy) is 1. The maximum Gasteiger partial charge on any atom is 0.327 e. The predicted molar refractivity (Wildman–Crippen MR) is 71.2 cm³/mol. The average Bonchev–Trinajstić information content (AvgIpc) is 3.15. The zero-order chi connectivity index (χ0) is 14.0. The van der Waals surface area contributed by atoms with Crippen molar-refractivity contribution in [1.82, 2.24) is 14.5 Å². The van der Waals surface area contributed by atoms with Crippen LogP contribution in [-0.4, -0.2) is 46.7 Å². The van der Waals surface area contributed by atoms with Crippen molar-refractivity contribution in [3.8, 4) is 0 Å². The van der Waals surface area contributed by atoms with Gasteiger partial charge in [-0.3, -0.25) is 9.69 Å². The van der Waals surface area contributed by atoms with Gasteiger partial charge in [-0.1, -0.05) is 0 Å². The van der Waals surface area contributed by atoms with E-state index in [4.69, 9.17) is 10.5 Å². The SMILES string of the molecule is COC(=O)C(N)(CN(C)Cc1nccn1C)C1CC1. The molecule has 106 valence electrons. The Morgan fingerprint density at radius 3 is 2.84 bits per heavy atom. The molecule has 1 aromatic heterocycles. The molecular weight excluding hydrogens is 244 g/mol. The minimum atomic E-state index is -0.894. The third-order valence-corrected chi connectivity index (χ3v) is 3.74. The summed E-state index contributed by atoms with van der Waals surface area (Å²) in [5.74, 6) is 0.871. The summed E-state index contributed by atoms with van der Waals surface area (Å²) in [5, 5.41) is 0. The highest BCUT2D eigenvalue weighted by Gasteiger charge is 2.49. The molecule has 6 nitrogen and oxygen atoms in total. The van der Waals surface area contributed by atoms with Crippen molar-refractivity contribution < 1.29 is 9.53 Å². The Morgan fingerprint density at radius 1 is 1.68 bits per heavy atom. The number of nitrogens with two attached hydrogens (primary N) is 1. The highest BCUT2D eigenvalue weighted by atomic mass is 16.5. The molecule has 0 bridgehead atoms. The first-order valence-corrected chi connectivity index (χ1v) is 6.49. The Labute approximate surface area is 113 Å². The number of esters is 1. The summed E-state index contributed by atoms with van der Waals surface area (Å²) in [6, 6.07) is 0. The van der Waals surface area contributed by atoms with E-state index in [0.717, 1.165) is 18.7 Å². The second-order valence-electron chi connectivity index (χ2n) is 5.43. The average molecular weight is 266 g/mol. The van der Waals surface area contributed by atoms with Gasteiger partial charge in [-0.25, -0.2) is 4.98 Å². The van der Waals surface area contributed by atoms with Crippen LogP contribution in [0.5, 0.6) is 0 Å². The largest absolute Gasteiger partial charge is 0.468 e. The van der Waals surface area contributed by atoms with Crippen LogP contribution < -0.4 is 5.73 Å². The molecule has 0 amide bonds. The van der Waals surface area contributed by atoms with Gasteiger partial charge in [0.05, 0.1) is 13.7 Å². The number of rotatable bonds is 6. The van der Waals surface area contributed by atoms with Crippen LogP contribution >= 0.6 is 0 Å². The highest BCUT2D eigenvalue weighted by Crippen LogP contribution is 2.39. The third-order valence-electron chi connectivity index (χ3n) is 3.74. The highest BCUT2D eigenvalue weighted by molar-refractivity contribution is 5.81. The Balaban J connectivity index is 2.01. The van der Waals surface area contributed by atoms with E-state index < -0.39 is 5.54 Å². The van der Waals surface area contributed by atoms with Crippen LogP contribution in [0.15, 0.2) is 12.4 Å². The van der Waals surface area contributed by atoms with Crippen molar-refractivity contribution >= 4 is 5.97 Å². The number of hydrogen-bond acceptors (Lipinski definition) is 5. The molecule has 0 saturated heterocycles. The van der Waals surface area contributed by atoms with Gasteiger partial charge in [0.15, 0.2) is 0 Å². The number of hydrogen-bond donors (Lipinski definition) is 1. The summed E-state index contributed by atoms with van der Waals surface area (Å²) in [4.78, 5) is 18.2. The van der Waals surface area contributed by atoms with Crippen LogP contribution in [0.2, 0.25) is 0 Å². The molecule has 6 heteroatoms. The molecule has 1 atom stereocenters. The van der Waals surface area contributed by atoms with E-state index in [1.807, 2.05) is 29.8 Å². The first-order chi connectivity index (χ1) is 8.97. The van der Waals surface area contributed by atoms with E-state index in [1.54, 1.807) is 6.20 Å². The fourth-order valence-corrected chi connectivity index (χ4v) is 2.44. The standard InChI is InChI=1S/C13H22N4O2/c1-16(8-11-15-6-7-17(11)2)9-13(14,10-4-5-10)12(18)19-3/h6-7,10H,4-5,8-9,14H2,1-3H3. The zero-order valence-electron chi connectivity index (χ0n) is 11.8. The van der Waals surface area contributed by atoms with Gasteiger partial charge in [-0.15, -0.1) is 0 Å². The van der Waals surface area contributed by atoms with Gasteiger partial charge in [0, 0.05) is 26.0 Å². The molecule has 1 unspecified atom stereocenters. The molecule has 1 aromatic rings. The quantitative estimate of drug-likeness (QED) is 0.741. The lowest BCUT2D eigenvalue weighted by Gasteiger charge is -2.31. The van der Waals surface area contributed by atoms with Crippen LogP contribution in [0.1, 0.15) is 18.7 Å². The summed E-state index contributed by atoms with van der Waals surface area (Å²) < 4.78 is 6.83.